The highest BCUT2D eigenvalue weighted by atomic mass is 35.5. The van der Waals surface area contributed by atoms with Crippen LogP contribution in [-0.4, -0.2) is 59.6 Å². The molecular formula is C21H24ClN3O3. The topological polar surface area (TPSA) is 72.9 Å². The molecule has 0 radical (unpaired) electrons. The zero-order valence-corrected chi connectivity index (χ0v) is 16.3. The van der Waals surface area contributed by atoms with E-state index in [1.165, 1.54) is 5.56 Å². The average molecular weight is 402 g/mol. The Kier molecular flexibility index (Phi) is 6.90. The first-order chi connectivity index (χ1) is 13.5. The monoisotopic (exact) mass is 401 g/mol. The minimum absolute atomic E-state index is 0.0747. The first kappa shape index (κ1) is 20.2. The van der Waals surface area contributed by atoms with Crippen LogP contribution in [0.4, 0.5) is 4.79 Å². The van der Waals surface area contributed by atoms with Gasteiger partial charge in [0.1, 0.15) is 6.54 Å². The van der Waals surface area contributed by atoms with Gasteiger partial charge in [-0.1, -0.05) is 54.1 Å². The Morgan fingerprint density at radius 1 is 0.964 bits per heavy atom. The molecule has 28 heavy (non-hydrogen) atoms. The van der Waals surface area contributed by atoms with Crippen molar-refractivity contribution in [2.75, 3.05) is 32.7 Å². The number of carbonyl (C=O) groups is 2. The molecule has 2 N–H and O–H groups in total. The number of nitrogens with one attached hydrogen (secondary N) is 1. The van der Waals surface area contributed by atoms with Gasteiger partial charge >= 0.3 is 6.09 Å². The van der Waals surface area contributed by atoms with Crippen molar-refractivity contribution in [3.8, 4) is 0 Å². The van der Waals surface area contributed by atoms with E-state index in [0.29, 0.717) is 24.7 Å². The molecule has 0 bridgehead atoms. The van der Waals surface area contributed by atoms with E-state index >= 15 is 0 Å². The molecule has 1 fully saturated rings. The van der Waals surface area contributed by atoms with Gasteiger partial charge in [0.05, 0.1) is 6.04 Å². The third-order valence-electron chi connectivity index (χ3n) is 4.94. The lowest BCUT2D eigenvalue weighted by atomic mass is 9.97. The second kappa shape index (κ2) is 9.57. The van der Waals surface area contributed by atoms with Gasteiger partial charge in [-0.2, -0.15) is 0 Å². The summed E-state index contributed by atoms with van der Waals surface area (Å²) in [6, 6.07) is 18.3. The van der Waals surface area contributed by atoms with E-state index in [1.54, 1.807) is 4.90 Å². The quantitative estimate of drug-likeness (QED) is 0.806. The average Bonchev–Trinajstić information content (AvgIpc) is 2.95. The van der Waals surface area contributed by atoms with Crippen molar-refractivity contribution in [1.29, 1.82) is 0 Å². The van der Waals surface area contributed by atoms with E-state index in [0.717, 1.165) is 18.5 Å². The fourth-order valence-electron chi connectivity index (χ4n) is 3.60. The molecule has 1 heterocycles. The Hall–Kier alpha value is -2.57. The molecule has 2 amide bonds. The van der Waals surface area contributed by atoms with Gasteiger partial charge in [-0.05, 0) is 29.7 Å². The second-order valence-electron chi connectivity index (χ2n) is 6.79. The number of carbonyl (C=O) groups excluding carboxylic acids is 1. The molecular weight excluding hydrogens is 378 g/mol. The summed E-state index contributed by atoms with van der Waals surface area (Å²) in [5.74, 6) is -0.188. The van der Waals surface area contributed by atoms with E-state index in [9.17, 15) is 9.59 Å². The normalized spacial score (nSPS) is 16.2. The van der Waals surface area contributed by atoms with Crippen molar-refractivity contribution in [3.63, 3.8) is 0 Å². The summed E-state index contributed by atoms with van der Waals surface area (Å²) in [6.07, 6.45) is -0.355. The summed E-state index contributed by atoms with van der Waals surface area (Å²) in [7, 11) is 0. The lowest BCUT2D eigenvalue weighted by molar-refractivity contribution is -0.130. The van der Waals surface area contributed by atoms with Gasteiger partial charge in [-0.3, -0.25) is 9.69 Å². The number of hydrogen-bond donors (Lipinski definition) is 2. The standard InChI is InChI=1S/C21H24ClN3O3/c22-18-9-7-17(8-10-18)20(16-5-2-1-3-6-16)25-12-4-11-24(13-14-25)19(26)15-23-21(27)28/h1-3,5-10,20,23H,4,11-15H2,(H,27,28). The Morgan fingerprint density at radius 2 is 1.64 bits per heavy atom. The van der Waals surface area contributed by atoms with Crippen LogP contribution in [0.5, 0.6) is 0 Å². The van der Waals surface area contributed by atoms with E-state index in [1.807, 2.05) is 42.5 Å². The van der Waals surface area contributed by atoms with Crippen LogP contribution >= 0.6 is 11.6 Å². The highest BCUT2D eigenvalue weighted by Gasteiger charge is 2.26. The van der Waals surface area contributed by atoms with Crippen molar-refractivity contribution in [1.82, 2.24) is 15.1 Å². The van der Waals surface area contributed by atoms with Crippen molar-refractivity contribution in [2.24, 2.45) is 0 Å². The molecule has 0 spiro atoms. The van der Waals surface area contributed by atoms with Crippen LogP contribution in [0.1, 0.15) is 23.6 Å². The van der Waals surface area contributed by atoms with Crippen LogP contribution in [-0.2, 0) is 4.79 Å². The number of rotatable bonds is 5. The van der Waals surface area contributed by atoms with Crippen LogP contribution in [0.15, 0.2) is 54.6 Å². The number of nitrogens with zero attached hydrogens (tertiary/aromatic N) is 2. The molecule has 1 atom stereocenters. The maximum Gasteiger partial charge on any atom is 0.405 e. The molecule has 0 saturated carbocycles. The van der Waals surface area contributed by atoms with Crippen molar-refractivity contribution in [2.45, 2.75) is 12.5 Å². The number of amides is 2. The molecule has 7 heteroatoms. The van der Waals surface area contributed by atoms with E-state index in [4.69, 9.17) is 16.7 Å². The molecule has 2 aromatic rings. The summed E-state index contributed by atoms with van der Waals surface area (Å²) in [6.45, 7) is 2.56. The van der Waals surface area contributed by atoms with Gasteiger partial charge in [0, 0.05) is 31.2 Å². The minimum atomic E-state index is -1.18. The number of halogens is 1. The Labute approximate surface area is 169 Å². The lowest BCUT2D eigenvalue weighted by Crippen LogP contribution is -2.42. The molecule has 0 aliphatic carbocycles. The molecule has 148 valence electrons. The van der Waals surface area contributed by atoms with Crippen LogP contribution in [0, 0.1) is 0 Å². The third kappa shape index (κ3) is 5.24. The van der Waals surface area contributed by atoms with Gasteiger partial charge < -0.3 is 15.3 Å². The maximum atomic E-state index is 12.3. The molecule has 1 aliphatic rings. The largest absolute Gasteiger partial charge is 0.465 e. The Morgan fingerprint density at radius 3 is 2.32 bits per heavy atom. The molecule has 1 aliphatic heterocycles. The fourth-order valence-corrected chi connectivity index (χ4v) is 3.73. The highest BCUT2D eigenvalue weighted by molar-refractivity contribution is 6.30. The summed E-state index contributed by atoms with van der Waals surface area (Å²) in [4.78, 5) is 27.0. The maximum absolute atomic E-state index is 12.3. The van der Waals surface area contributed by atoms with Crippen molar-refractivity contribution >= 4 is 23.6 Å². The van der Waals surface area contributed by atoms with Crippen LogP contribution < -0.4 is 5.32 Å². The fraction of sp³-hybridized carbons (Fsp3) is 0.333. The smallest absolute Gasteiger partial charge is 0.405 e. The summed E-state index contributed by atoms with van der Waals surface area (Å²) >= 11 is 6.07. The number of carboxylic acid groups (broad SMARTS) is 1. The lowest BCUT2D eigenvalue weighted by Gasteiger charge is -2.31. The minimum Gasteiger partial charge on any atom is -0.465 e. The van der Waals surface area contributed by atoms with Gasteiger partial charge in [-0.25, -0.2) is 4.79 Å². The van der Waals surface area contributed by atoms with E-state index in [2.05, 4.69) is 22.3 Å². The second-order valence-corrected chi connectivity index (χ2v) is 7.23. The number of hydrogen-bond acceptors (Lipinski definition) is 3. The number of benzene rings is 2. The van der Waals surface area contributed by atoms with Crippen molar-refractivity contribution in [3.05, 3.63) is 70.7 Å². The van der Waals surface area contributed by atoms with Crippen LogP contribution in [0.25, 0.3) is 0 Å². The summed E-state index contributed by atoms with van der Waals surface area (Å²) in [5.41, 5.74) is 2.35. The molecule has 1 unspecified atom stereocenters. The zero-order valence-electron chi connectivity index (χ0n) is 15.6. The third-order valence-corrected chi connectivity index (χ3v) is 5.19. The van der Waals surface area contributed by atoms with Crippen LogP contribution in [0.3, 0.4) is 0 Å². The van der Waals surface area contributed by atoms with Crippen LogP contribution in [0.2, 0.25) is 5.02 Å². The molecule has 3 rings (SSSR count). The summed E-state index contributed by atoms with van der Waals surface area (Å²) in [5, 5.41) is 11.6. The first-order valence-corrected chi connectivity index (χ1v) is 9.71. The predicted octanol–water partition coefficient (Wildman–Crippen LogP) is 3.23. The van der Waals surface area contributed by atoms with E-state index < -0.39 is 6.09 Å². The first-order valence-electron chi connectivity index (χ1n) is 9.33. The SMILES string of the molecule is O=C(O)NCC(=O)N1CCCN(C(c2ccccc2)c2ccc(Cl)cc2)CC1. The molecule has 1 saturated heterocycles. The Bertz CT molecular complexity index is 798. The molecule has 2 aromatic carbocycles. The van der Waals surface area contributed by atoms with Gasteiger partial charge in [0.2, 0.25) is 5.91 Å². The molecule has 0 aromatic heterocycles. The summed E-state index contributed by atoms with van der Waals surface area (Å²) < 4.78 is 0. The van der Waals surface area contributed by atoms with Gasteiger partial charge in [0.15, 0.2) is 0 Å². The Balaban J connectivity index is 1.77. The highest BCUT2D eigenvalue weighted by Crippen LogP contribution is 2.30. The van der Waals surface area contributed by atoms with Gasteiger partial charge in [-0.15, -0.1) is 0 Å². The van der Waals surface area contributed by atoms with E-state index in [-0.39, 0.29) is 18.5 Å². The zero-order chi connectivity index (χ0) is 19.9. The van der Waals surface area contributed by atoms with Crippen molar-refractivity contribution < 1.29 is 14.7 Å². The van der Waals surface area contributed by atoms with Gasteiger partial charge in [0.25, 0.3) is 0 Å². The molecule has 6 nitrogen and oxygen atoms in total. The predicted molar refractivity (Wildman–Crippen MR) is 109 cm³/mol.